The summed E-state index contributed by atoms with van der Waals surface area (Å²) in [6.07, 6.45) is 5.01. The van der Waals surface area contributed by atoms with Gasteiger partial charge >= 0.3 is 0 Å². The molecule has 0 aromatic rings. The topological polar surface area (TPSA) is 52.9 Å². The lowest BCUT2D eigenvalue weighted by Crippen LogP contribution is -2.37. The Balaban J connectivity index is 2.35. The third-order valence-corrected chi connectivity index (χ3v) is 3.70. The zero-order chi connectivity index (χ0) is 12.8. The van der Waals surface area contributed by atoms with E-state index in [1.807, 2.05) is 13.8 Å². The fraction of sp³-hybridized carbons (Fsp3) is 0.857. The lowest BCUT2D eigenvalue weighted by atomic mass is 9.82. The van der Waals surface area contributed by atoms with Crippen molar-refractivity contribution in [1.29, 1.82) is 5.26 Å². The van der Waals surface area contributed by atoms with E-state index in [-0.39, 0.29) is 11.8 Å². The van der Waals surface area contributed by atoms with E-state index in [1.165, 1.54) is 25.7 Å². The molecule has 1 amide bonds. The molecule has 17 heavy (non-hydrogen) atoms. The molecule has 0 aromatic heterocycles. The first-order chi connectivity index (χ1) is 8.04. The van der Waals surface area contributed by atoms with Crippen molar-refractivity contribution >= 4 is 5.91 Å². The van der Waals surface area contributed by atoms with Gasteiger partial charge in [-0.15, -0.1) is 0 Å². The second-order valence-corrected chi connectivity index (χ2v) is 5.73. The normalized spacial score (nSPS) is 26.3. The van der Waals surface area contributed by atoms with Crippen LogP contribution in [-0.2, 0) is 4.79 Å². The largest absolute Gasteiger partial charge is 0.355 e. The monoisotopic (exact) mass is 236 g/mol. The van der Waals surface area contributed by atoms with E-state index < -0.39 is 5.92 Å². The minimum absolute atomic E-state index is 0.0882. The molecule has 1 aliphatic rings. The molecule has 0 bridgehead atoms. The lowest BCUT2D eigenvalue weighted by molar-refractivity contribution is -0.124. The number of hydrogen-bond acceptors (Lipinski definition) is 2. The SMILES string of the molecule is CC1CCCC(CNC(=O)C(C#N)C(C)C)C1. The summed E-state index contributed by atoms with van der Waals surface area (Å²) in [7, 11) is 0. The standard InChI is InChI=1S/C14H24N2O/c1-10(2)13(8-15)14(17)16-9-12-6-4-5-11(3)7-12/h10-13H,4-7,9H2,1-3H3,(H,16,17). The molecule has 0 spiro atoms. The molecular formula is C14H24N2O. The van der Waals surface area contributed by atoms with Crippen LogP contribution < -0.4 is 5.32 Å². The molecule has 0 radical (unpaired) electrons. The maximum absolute atomic E-state index is 11.8. The highest BCUT2D eigenvalue weighted by molar-refractivity contribution is 5.81. The maximum Gasteiger partial charge on any atom is 0.237 e. The lowest BCUT2D eigenvalue weighted by Gasteiger charge is -2.27. The Bertz CT molecular complexity index is 293. The minimum Gasteiger partial charge on any atom is -0.355 e. The van der Waals surface area contributed by atoms with Crippen LogP contribution in [0.3, 0.4) is 0 Å². The van der Waals surface area contributed by atoms with Gasteiger partial charge in [-0.3, -0.25) is 4.79 Å². The molecule has 0 aliphatic heterocycles. The molecule has 1 N–H and O–H groups in total. The van der Waals surface area contributed by atoms with Gasteiger partial charge in [0.25, 0.3) is 0 Å². The van der Waals surface area contributed by atoms with Crippen molar-refractivity contribution in [3.63, 3.8) is 0 Å². The summed E-state index contributed by atoms with van der Waals surface area (Å²) in [5.41, 5.74) is 0. The molecule has 1 aliphatic carbocycles. The van der Waals surface area contributed by atoms with Crippen LogP contribution in [-0.4, -0.2) is 12.5 Å². The fourth-order valence-corrected chi connectivity index (χ4v) is 2.61. The number of nitrogens with one attached hydrogen (secondary N) is 1. The van der Waals surface area contributed by atoms with Gasteiger partial charge in [0.1, 0.15) is 5.92 Å². The predicted molar refractivity (Wildman–Crippen MR) is 68.1 cm³/mol. The highest BCUT2D eigenvalue weighted by Crippen LogP contribution is 2.28. The molecule has 96 valence electrons. The second kappa shape index (κ2) is 6.64. The molecule has 3 heteroatoms. The van der Waals surface area contributed by atoms with Crippen molar-refractivity contribution in [2.75, 3.05) is 6.54 Å². The van der Waals surface area contributed by atoms with Gasteiger partial charge in [-0.05, 0) is 30.6 Å². The summed E-state index contributed by atoms with van der Waals surface area (Å²) in [5.74, 6) is 0.874. The Kier molecular flexibility index (Phi) is 5.47. The van der Waals surface area contributed by atoms with E-state index in [0.717, 1.165) is 12.5 Å². The van der Waals surface area contributed by atoms with E-state index in [1.54, 1.807) is 0 Å². The summed E-state index contributed by atoms with van der Waals surface area (Å²) in [5, 5.41) is 11.9. The van der Waals surface area contributed by atoms with Crippen molar-refractivity contribution in [3.05, 3.63) is 0 Å². The van der Waals surface area contributed by atoms with Crippen LogP contribution in [0.1, 0.15) is 46.5 Å². The second-order valence-electron chi connectivity index (χ2n) is 5.73. The summed E-state index contributed by atoms with van der Waals surface area (Å²) in [6, 6.07) is 2.09. The number of rotatable bonds is 4. The molecular weight excluding hydrogens is 212 g/mol. The Morgan fingerprint density at radius 2 is 2.18 bits per heavy atom. The van der Waals surface area contributed by atoms with Crippen LogP contribution in [0.5, 0.6) is 0 Å². The average molecular weight is 236 g/mol. The number of nitriles is 1. The van der Waals surface area contributed by atoms with Gasteiger partial charge in [0.15, 0.2) is 0 Å². The van der Waals surface area contributed by atoms with Gasteiger partial charge in [0.2, 0.25) is 5.91 Å². The minimum atomic E-state index is -0.504. The third-order valence-electron chi connectivity index (χ3n) is 3.70. The zero-order valence-corrected chi connectivity index (χ0v) is 11.2. The quantitative estimate of drug-likeness (QED) is 0.816. The van der Waals surface area contributed by atoms with Crippen LogP contribution in [0.25, 0.3) is 0 Å². The van der Waals surface area contributed by atoms with Gasteiger partial charge < -0.3 is 5.32 Å². The van der Waals surface area contributed by atoms with Crippen LogP contribution in [0, 0.1) is 35.0 Å². The van der Waals surface area contributed by atoms with E-state index in [0.29, 0.717) is 5.92 Å². The number of carbonyl (C=O) groups excluding carboxylic acids is 1. The highest BCUT2D eigenvalue weighted by Gasteiger charge is 2.24. The van der Waals surface area contributed by atoms with Gasteiger partial charge in [0.05, 0.1) is 6.07 Å². The summed E-state index contributed by atoms with van der Waals surface area (Å²) < 4.78 is 0. The van der Waals surface area contributed by atoms with Crippen LogP contribution in [0.2, 0.25) is 0 Å². The maximum atomic E-state index is 11.8. The van der Waals surface area contributed by atoms with Crippen molar-refractivity contribution in [2.45, 2.75) is 46.5 Å². The Morgan fingerprint density at radius 1 is 1.47 bits per heavy atom. The van der Waals surface area contributed by atoms with Crippen molar-refractivity contribution in [1.82, 2.24) is 5.32 Å². The number of nitrogens with zero attached hydrogens (tertiary/aromatic N) is 1. The van der Waals surface area contributed by atoms with E-state index in [4.69, 9.17) is 5.26 Å². The van der Waals surface area contributed by atoms with Gasteiger partial charge in [-0.2, -0.15) is 5.26 Å². The zero-order valence-electron chi connectivity index (χ0n) is 11.2. The molecule has 0 heterocycles. The Labute approximate surface area is 105 Å². The van der Waals surface area contributed by atoms with Crippen molar-refractivity contribution < 1.29 is 4.79 Å². The smallest absolute Gasteiger partial charge is 0.237 e. The Morgan fingerprint density at radius 3 is 2.71 bits per heavy atom. The van der Waals surface area contributed by atoms with Gasteiger partial charge in [-0.25, -0.2) is 0 Å². The highest BCUT2D eigenvalue weighted by atomic mass is 16.1. The number of amides is 1. The number of carbonyl (C=O) groups is 1. The van der Waals surface area contributed by atoms with E-state index >= 15 is 0 Å². The molecule has 3 atom stereocenters. The van der Waals surface area contributed by atoms with Gasteiger partial charge in [-0.1, -0.05) is 33.6 Å². The molecule has 1 rings (SSSR count). The van der Waals surface area contributed by atoms with Crippen molar-refractivity contribution in [3.8, 4) is 6.07 Å². The summed E-state index contributed by atoms with van der Waals surface area (Å²) >= 11 is 0. The predicted octanol–water partition coefficient (Wildman–Crippen LogP) is 2.72. The third kappa shape index (κ3) is 4.38. The van der Waals surface area contributed by atoms with Crippen molar-refractivity contribution in [2.24, 2.45) is 23.7 Å². The molecule has 3 nitrogen and oxygen atoms in total. The molecule has 0 saturated heterocycles. The van der Waals surface area contributed by atoms with Crippen LogP contribution in [0.4, 0.5) is 0 Å². The molecule has 1 fully saturated rings. The van der Waals surface area contributed by atoms with Crippen LogP contribution >= 0.6 is 0 Å². The van der Waals surface area contributed by atoms with Crippen LogP contribution in [0.15, 0.2) is 0 Å². The van der Waals surface area contributed by atoms with E-state index in [9.17, 15) is 4.79 Å². The molecule has 3 unspecified atom stereocenters. The molecule has 1 saturated carbocycles. The first kappa shape index (κ1) is 14.0. The first-order valence-corrected chi connectivity index (χ1v) is 6.72. The van der Waals surface area contributed by atoms with Gasteiger partial charge in [0, 0.05) is 6.54 Å². The average Bonchev–Trinajstić information content (AvgIpc) is 2.27. The summed E-state index contributed by atoms with van der Waals surface area (Å²) in [6.45, 7) is 6.85. The Hall–Kier alpha value is -1.04. The first-order valence-electron chi connectivity index (χ1n) is 6.72. The van der Waals surface area contributed by atoms with E-state index in [2.05, 4.69) is 18.3 Å². The number of hydrogen-bond donors (Lipinski definition) is 1. The summed E-state index contributed by atoms with van der Waals surface area (Å²) in [4.78, 5) is 11.8. The fourth-order valence-electron chi connectivity index (χ4n) is 2.61. The molecule has 0 aromatic carbocycles.